The molecule has 0 aliphatic carbocycles. The molecule has 1 atom stereocenters. The molecule has 0 spiro atoms. The fourth-order valence-corrected chi connectivity index (χ4v) is 2.98. The number of benzene rings is 1. The monoisotopic (exact) mass is 378 g/mol. The predicted octanol–water partition coefficient (Wildman–Crippen LogP) is 2.44. The second kappa shape index (κ2) is 9.30. The highest BCUT2D eigenvalue weighted by Gasteiger charge is 2.29. The third kappa shape index (κ3) is 6.75. The van der Waals surface area contributed by atoms with Crippen LogP contribution in [0, 0.1) is 0 Å². The first-order chi connectivity index (χ1) is 11.9. The lowest BCUT2D eigenvalue weighted by atomic mass is 10.0. The molecule has 0 saturated carbocycles. The number of morpholine rings is 1. The van der Waals surface area contributed by atoms with E-state index in [-0.39, 0.29) is 24.3 Å². The van der Waals surface area contributed by atoms with Gasteiger partial charge in [-0.05, 0) is 29.5 Å². The first-order valence-corrected chi connectivity index (χ1v) is 8.81. The highest BCUT2D eigenvalue weighted by atomic mass is 32.2. The summed E-state index contributed by atoms with van der Waals surface area (Å²) in [7, 11) is 1.58. The zero-order chi connectivity index (χ0) is 18.3. The minimum Gasteiger partial charge on any atom is -0.497 e. The van der Waals surface area contributed by atoms with Gasteiger partial charge in [0.2, 0.25) is 5.91 Å². The zero-order valence-electron chi connectivity index (χ0n) is 13.8. The fourth-order valence-electron chi connectivity index (χ4n) is 2.58. The van der Waals surface area contributed by atoms with Crippen LogP contribution in [-0.2, 0) is 9.53 Å². The lowest BCUT2D eigenvalue weighted by Gasteiger charge is -2.35. The second-order valence-electron chi connectivity index (χ2n) is 5.48. The first-order valence-electron chi connectivity index (χ1n) is 7.82. The van der Waals surface area contributed by atoms with Crippen LogP contribution < -0.4 is 10.1 Å². The molecule has 25 heavy (non-hydrogen) atoms. The van der Waals surface area contributed by atoms with E-state index in [0.29, 0.717) is 26.3 Å². The number of ether oxygens (including phenoxy) is 2. The quantitative estimate of drug-likeness (QED) is 0.790. The van der Waals surface area contributed by atoms with Crippen LogP contribution in [0.25, 0.3) is 0 Å². The summed E-state index contributed by atoms with van der Waals surface area (Å²) in [6.07, 6.45) is 0. The normalized spacial score (nSPS) is 17.1. The lowest BCUT2D eigenvalue weighted by molar-refractivity contribution is -0.119. The number of thioether (sulfide) groups is 1. The molecule has 1 aliphatic heterocycles. The Balaban J connectivity index is 2.00. The van der Waals surface area contributed by atoms with Gasteiger partial charge in [0, 0.05) is 19.6 Å². The van der Waals surface area contributed by atoms with Crippen molar-refractivity contribution in [3.05, 3.63) is 29.8 Å². The molecule has 1 amide bonds. The van der Waals surface area contributed by atoms with Gasteiger partial charge in [0.15, 0.2) is 0 Å². The number of carbonyl (C=O) groups excluding carboxylic acids is 1. The zero-order valence-corrected chi connectivity index (χ0v) is 14.7. The standard InChI is InChI=1S/C16H21F3N2O3S/c1-23-13-4-2-12(3-5-13)14(21-6-8-24-9-7-21)10-20-15(22)11-25-16(17,18)19/h2-5,14H,6-11H2,1H3,(H,20,22). The van der Waals surface area contributed by atoms with Gasteiger partial charge in [-0.25, -0.2) is 0 Å². The molecule has 1 aliphatic rings. The SMILES string of the molecule is COc1ccc(C(CNC(=O)CSC(F)(F)F)N2CCOCC2)cc1. The second-order valence-corrected chi connectivity index (χ2v) is 6.52. The number of nitrogens with one attached hydrogen (secondary N) is 1. The summed E-state index contributed by atoms with van der Waals surface area (Å²) in [5.74, 6) is -0.550. The molecule has 0 bridgehead atoms. The molecule has 0 radical (unpaired) electrons. The molecule has 1 saturated heterocycles. The molecule has 1 heterocycles. The summed E-state index contributed by atoms with van der Waals surface area (Å²) >= 11 is -0.333. The van der Waals surface area contributed by atoms with E-state index in [1.807, 2.05) is 24.3 Å². The third-order valence-electron chi connectivity index (χ3n) is 3.85. The summed E-state index contributed by atoms with van der Waals surface area (Å²) in [4.78, 5) is 13.9. The van der Waals surface area contributed by atoms with E-state index in [1.54, 1.807) is 7.11 Å². The van der Waals surface area contributed by atoms with Gasteiger partial charge in [-0.15, -0.1) is 0 Å². The number of rotatable bonds is 7. The summed E-state index contributed by atoms with van der Waals surface area (Å²) in [6.45, 7) is 2.81. The molecule has 1 aromatic rings. The lowest BCUT2D eigenvalue weighted by Crippen LogP contribution is -2.44. The summed E-state index contributed by atoms with van der Waals surface area (Å²) in [5.41, 5.74) is -3.44. The Morgan fingerprint density at radius 1 is 1.32 bits per heavy atom. The number of hydrogen-bond acceptors (Lipinski definition) is 5. The molecular formula is C16H21F3N2O3S. The van der Waals surface area contributed by atoms with E-state index in [0.717, 1.165) is 11.3 Å². The number of carbonyl (C=O) groups is 1. The Morgan fingerprint density at radius 2 is 1.96 bits per heavy atom. The number of methoxy groups -OCH3 is 1. The highest BCUT2D eigenvalue weighted by Crippen LogP contribution is 2.29. The first kappa shape index (κ1) is 19.9. The number of amides is 1. The Hall–Kier alpha value is -1.45. The van der Waals surface area contributed by atoms with Crippen LogP contribution in [0.4, 0.5) is 13.2 Å². The van der Waals surface area contributed by atoms with Crippen molar-refractivity contribution in [1.29, 1.82) is 0 Å². The van der Waals surface area contributed by atoms with Crippen LogP contribution in [0.5, 0.6) is 5.75 Å². The van der Waals surface area contributed by atoms with Crippen molar-refractivity contribution in [2.45, 2.75) is 11.6 Å². The van der Waals surface area contributed by atoms with Crippen molar-refractivity contribution in [3.63, 3.8) is 0 Å². The van der Waals surface area contributed by atoms with Gasteiger partial charge >= 0.3 is 5.51 Å². The van der Waals surface area contributed by atoms with E-state index in [1.165, 1.54) is 0 Å². The molecule has 1 unspecified atom stereocenters. The summed E-state index contributed by atoms with van der Waals surface area (Å²) in [5, 5.41) is 2.61. The van der Waals surface area contributed by atoms with Gasteiger partial charge in [-0.3, -0.25) is 9.69 Å². The maximum atomic E-state index is 12.2. The van der Waals surface area contributed by atoms with Crippen LogP contribution in [-0.4, -0.2) is 62.0 Å². The Labute approximate surface area is 148 Å². The van der Waals surface area contributed by atoms with Gasteiger partial charge in [0.1, 0.15) is 5.75 Å². The van der Waals surface area contributed by atoms with Crippen LogP contribution in [0.3, 0.4) is 0 Å². The number of nitrogens with zero attached hydrogens (tertiary/aromatic N) is 1. The molecule has 1 N–H and O–H groups in total. The molecule has 1 aromatic carbocycles. The molecule has 9 heteroatoms. The largest absolute Gasteiger partial charge is 0.497 e. The molecule has 0 aromatic heterocycles. The fraction of sp³-hybridized carbons (Fsp3) is 0.562. The number of hydrogen-bond donors (Lipinski definition) is 1. The average molecular weight is 378 g/mol. The third-order valence-corrected chi connectivity index (χ3v) is 4.58. The number of halogens is 3. The molecule has 1 fully saturated rings. The van der Waals surface area contributed by atoms with Crippen LogP contribution in [0.15, 0.2) is 24.3 Å². The van der Waals surface area contributed by atoms with Crippen LogP contribution >= 0.6 is 11.8 Å². The predicted molar refractivity (Wildman–Crippen MR) is 89.6 cm³/mol. The minimum absolute atomic E-state index is 0.130. The van der Waals surface area contributed by atoms with E-state index < -0.39 is 17.2 Å². The Kier molecular flexibility index (Phi) is 7.39. The molecule has 140 valence electrons. The highest BCUT2D eigenvalue weighted by molar-refractivity contribution is 8.00. The molecule has 2 rings (SSSR count). The maximum Gasteiger partial charge on any atom is 0.442 e. The van der Waals surface area contributed by atoms with Crippen LogP contribution in [0.2, 0.25) is 0 Å². The molecular weight excluding hydrogens is 357 g/mol. The van der Waals surface area contributed by atoms with Crippen molar-refractivity contribution in [2.75, 3.05) is 45.7 Å². The Morgan fingerprint density at radius 3 is 2.52 bits per heavy atom. The van der Waals surface area contributed by atoms with Crippen molar-refractivity contribution >= 4 is 17.7 Å². The van der Waals surface area contributed by atoms with Crippen LogP contribution in [0.1, 0.15) is 11.6 Å². The van der Waals surface area contributed by atoms with Gasteiger partial charge in [-0.2, -0.15) is 13.2 Å². The minimum atomic E-state index is -4.41. The van der Waals surface area contributed by atoms with Crippen molar-refractivity contribution in [1.82, 2.24) is 10.2 Å². The van der Waals surface area contributed by atoms with E-state index >= 15 is 0 Å². The topological polar surface area (TPSA) is 50.8 Å². The Bertz CT molecular complexity index is 549. The maximum absolute atomic E-state index is 12.2. The van der Waals surface area contributed by atoms with Crippen molar-refractivity contribution in [3.8, 4) is 5.75 Å². The van der Waals surface area contributed by atoms with Crippen molar-refractivity contribution < 1.29 is 27.4 Å². The van der Waals surface area contributed by atoms with Gasteiger partial charge in [-0.1, -0.05) is 12.1 Å². The van der Waals surface area contributed by atoms with E-state index in [4.69, 9.17) is 9.47 Å². The number of alkyl halides is 3. The van der Waals surface area contributed by atoms with Gasteiger partial charge in [0.25, 0.3) is 0 Å². The van der Waals surface area contributed by atoms with Gasteiger partial charge in [0.05, 0.1) is 32.1 Å². The smallest absolute Gasteiger partial charge is 0.442 e. The average Bonchev–Trinajstić information content (AvgIpc) is 2.61. The van der Waals surface area contributed by atoms with Gasteiger partial charge < -0.3 is 14.8 Å². The van der Waals surface area contributed by atoms with E-state index in [2.05, 4.69) is 10.2 Å². The van der Waals surface area contributed by atoms with E-state index in [9.17, 15) is 18.0 Å². The summed E-state index contributed by atoms with van der Waals surface area (Å²) in [6, 6.07) is 7.31. The summed E-state index contributed by atoms with van der Waals surface area (Å²) < 4.78 is 47.1. The van der Waals surface area contributed by atoms with Crippen molar-refractivity contribution in [2.24, 2.45) is 0 Å². The molecule has 5 nitrogen and oxygen atoms in total.